The highest BCUT2D eigenvalue weighted by atomic mass is 79.9. The third-order valence-corrected chi connectivity index (χ3v) is 10.7. The number of aromatic nitrogens is 7. The van der Waals surface area contributed by atoms with Gasteiger partial charge in [-0.25, -0.2) is 18.1 Å². The highest BCUT2D eigenvalue weighted by Gasteiger charge is 2.43. The van der Waals surface area contributed by atoms with Gasteiger partial charge in [-0.1, -0.05) is 0 Å². The van der Waals surface area contributed by atoms with Crippen molar-refractivity contribution in [1.29, 1.82) is 0 Å². The van der Waals surface area contributed by atoms with Crippen LogP contribution in [0.25, 0.3) is 0 Å². The third kappa shape index (κ3) is 9.78. The first-order valence-corrected chi connectivity index (χ1v) is 19.2. The van der Waals surface area contributed by atoms with Gasteiger partial charge < -0.3 is 14.4 Å². The Hall–Kier alpha value is -4.33. The molecule has 20 heteroatoms. The first-order chi connectivity index (χ1) is 26.2. The van der Waals surface area contributed by atoms with Crippen molar-refractivity contribution in [2.45, 2.75) is 78.3 Å². The molecule has 3 atom stereocenters. The number of alkyl halides is 6. The van der Waals surface area contributed by atoms with Gasteiger partial charge >= 0.3 is 24.4 Å². The van der Waals surface area contributed by atoms with Crippen LogP contribution in [0.2, 0.25) is 0 Å². The van der Waals surface area contributed by atoms with E-state index in [-0.39, 0.29) is 40.3 Å². The smallest absolute Gasteiger partial charge is 0.416 e. The minimum Gasteiger partial charge on any atom is -0.424 e. The molecule has 2 fully saturated rings. The highest BCUT2D eigenvalue weighted by Crippen LogP contribution is 2.45. The lowest BCUT2D eigenvalue weighted by Crippen LogP contribution is -2.42. The van der Waals surface area contributed by atoms with Gasteiger partial charge in [-0.2, -0.15) is 45.8 Å². The number of nitrogens with zero attached hydrogens (tertiary/aromatic N) is 8. The standard InChI is InChI=1S/C24H27F4N5OS.C12H10BrF4N3O/c1-13(2)33-23(34-19-8-17(24(26,27)28)7-18(25)9-19)29-21(30-33)10-20-15-4-5-16(20)12-32(11-15)22-6-14(3)31-35-22;1-6(2)20-11(18-10(13)19-20)21-9-4-7(12(15,16)17)3-8(14)5-9/h6-9,13,15-16,20H,4-5,10-12H2,1-3H3;3-6H,1-2H3/t15-,16+,20?;. The Morgan fingerprint density at radius 1 is 0.750 bits per heavy atom. The van der Waals surface area contributed by atoms with Crippen LogP contribution in [0, 0.1) is 36.3 Å². The molecule has 2 bridgehead atoms. The highest BCUT2D eigenvalue weighted by molar-refractivity contribution is 9.10. The van der Waals surface area contributed by atoms with Gasteiger partial charge in [0.25, 0.3) is 0 Å². The summed E-state index contributed by atoms with van der Waals surface area (Å²) in [5, 5.41) is 9.81. The summed E-state index contributed by atoms with van der Waals surface area (Å²) in [5.41, 5.74) is -1.20. The van der Waals surface area contributed by atoms with Crippen LogP contribution < -0.4 is 14.4 Å². The zero-order valence-corrected chi connectivity index (χ0v) is 33.1. The second-order valence-corrected chi connectivity index (χ2v) is 15.8. The minimum absolute atomic E-state index is 0.0319. The first-order valence-electron chi connectivity index (χ1n) is 17.6. The van der Waals surface area contributed by atoms with E-state index in [4.69, 9.17) is 9.47 Å². The van der Waals surface area contributed by atoms with Crippen LogP contribution in [0.5, 0.6) is 23.5 Å². The molecule has 0 N–H and O–H groups in total. The number of benzene rings is 2. The van der Waals surface area contributed by atoms with E-state index in [1.165, 1.54) is 9.68 Å². The number of anilines is 1. The maximum Gasteiger partial charge on any atom is 0.416 e. The van der Waals surface area contributed by atoms with Crippen LogP contribution >= 0.6 is 27.5 Å². The van der Waals surface area contributed by atoms with E-state index in [1.807, 2.05) is 20.8 Å². The summed E-state index contributed by atoms with van der Waals surface area (Å²) in [6.45, 7) is 11.3. The summed E-state index contributed by atoms with van der Waals surface area (Å²) < 4.78 is 123. The average Bonchev–Trinajstić information content (AvgIpc) is 3.85. The average molecular weight is 878 g/mol. The van der Waals surface area contributed by atoms with Gasteiger partial charge in [0.2, 0.25) is 4.73 Å². The molecular weight excluding hydrogens is 840 g/mol. The summed E-state index contributed by atoms with van der Waals surface area (Å²) >= 11 is 4.59. The van der Waals surface area contributed by atoms with Crippen molar-refractivity contribution in [2.24, 2.45) is 17.8 Å². The first kappa shape index (κ1) is 41.3. The molecule has 1 aliphatic carbocycles. The molecule has 5 aromatic rings. The molecule has 2 aromatic carbocycles. The normalized spacial score (nSPS) is 18.4. The molecule has 7 rings (SSSR count). The molecule has 302 valence electrons. The molecule has 2 aliphatic rings. The van der Waals surface area contributed by atoms with Gasteiger partial charge in [0, 0.05) is 31.6 Å². The van der Waals surface area contributed by atoms with Gasteiger partial charge in [0.05, 0.1) is 28.9 Å². The molecule has 3 aromatic heterocycles. The van der Waals surface area contributed by atoms with Crippen LogP contribution in [0.3, 0.4) is 0 Å². The van der Waals surface area contributed by atoms with Crippen molar-refractivity contribution < 1.29 is 44.6 Å². The molecule has 4 heterocycles. The molecule has 0 amide bonds. The largest absolute Gasteiger partial charge is 0.424 e. The lowest BCUT2D eigenvalue weighted by Gasteiger charge is -2.38. The number of piperidine rings is 1. The SMILES string of the molecule is CC(C)n1nc(Br)nc1Oc1cc(F)cc(C(F)(F)F)c1.Cc1cc(N2C[C@H]3CC[C@@H](C2)C3Cc2nc(Oc3cc(F)cc(C(F)(F)F)c3)n(C(C)C)n2)sn1. The number of hydrogen-bond donors (Lipinski definition) is 0. The minimum atomic E-state index is -4.68. The zero-order chi connectivity index (χ0) is 40.7. The number of ether oxygens (including phenoxy) is 2. The fraction of sp³-hybridized carbons (Fsp3) is 0.472. The van der Waals surface area contributed by atoms with E-state index in [2.05, 4.69) is 51.4 Å². The molecular formula is C36H37BrF8N8O2S. The van der Waals surface area contributed by atoms with Crippen molar-refractivity contribution in [2.75, 3.05) is 18.0 Å². The monoisotopic (exact) mass is 876 g/mol. The quantitative estimate of drug-likeness (QED) is 0.135. The molecule has 1 unspecified atom stereocenters. The summed E-state index contributed by atoms with van der Waals surface area (Å²) in [5.74, 6) is -0.560. The number of rotatable bonds is 9. The molecule has 0 radical (unpaired) electrons. The number of fused-ring (bicyclic) bond motifs is 2. The number of aryl methyl sites for hydroxylation is 1. The number of hydrogen-bond acceptors (Lipinski definition) is 9. The van der Waals surface area contributed by atoms with E-state index in [1.54, 1.807) is 30.1 Å². The van der Waals surface area contributed by atoms with Gasteiger partial charge in [0.15, 0.2) is 5.82 Å². The van der Waals surface area contributed by atoms with Crippen molar-refractivity contribution in [1.82, 2.24) is 33.9 Å². The predicted molar refractivity (Wildman–Crippen MR) is 194 cm³/mol. The number of halogens is 9. The molecule has 1 saturated carbocycles. The van der Waals surface area contributed by atoms with Crippen molar-refractivity contribution in [3.63, 3.8) is 0 Å². The Morgan fingerprint density at radius 2 is 1.25 bits per heavy atom. The molecule has 1 saturated heterocycles. The van der Waals surface area contributed by atoms with Gasteiger partial charge in [-0.05, 0) is 123 Å². The van der Waals surface area contributed by atoms with Crippen molar-refractivity contribution in [3.05, 3.63) is 81.5 Å². The van der Waals surface area contributed by atoms with Gasteiger partial charge in [0.1, 0.15) is 28.1 Å². The summed E-state index contributed by atoms with van der Waals surface area (Å²) in [6, 6.07) is 6.01. The summed E-state index contributed by atoms with van der Waals surface area (Å²) in [6.07, 6.45) is -6.35. The predicted octanol–water partition coefficient (Wildman–Crippen LogP) is 10.9. The van der Waals surface area contributed by atoms with Crippen LogP contribution in [0.1, 0.15) is 75.3 Å². The van der Waals surface area contributed by atoms with Crippen molar-refractivity contribution in [3.8, 4) is 23.5 Å². The fourth-order valence-corrected chi connectivity index (χ4v) is 7.97. The van der Waals surface area contributed by atoms with E-state index in [0.717, 1.165) is 49.8 Å². The Morgan fingerprint density at radius 3 is 1.71 bits per heavy atom. The van der Waals surface area contributed by atoms with E-state index in [9.17, 15) is 35.1 Å². The van der Waals surface area contributed by atoms with Crippen LogP contribution in [-0.4, -0.2) is 47.0 Å². The zero-order valence-electron chi connectivity index (χ0n) is 30.7. The molecule has 10 nitrogen and oxygen atoms in total. The summed E-state index contributed by atoms with van der Waals surface area (Å²) in [7, 11) is 0. The molecule has 56 heavy (non-hydrogen) atoms. The lowest BCUT2D eigenvalue weighted by atomic mass is 9.82. The maximum absolute atomic E-state index is 13.9. The maximum atomic E-state index is 13.9. The van der Waals surface area contributed by atoms with Crippen LogP contribution in [0.4, 0.5) is 40.1 Å². The van der Waals surface area contributed by atoms with Gasteiger partial charge in [-0.3, -0.25) is 0 Å². The van der Waals surface area contributed by atoms with E-state index in [0.29, 0.717) is 48.2 Å². The van der Waals surface area contributed by atoms with Crippen LogP contribution in [-0.2, 0) is 18.8 Å². The summed E-state index contributed by atoms with van der Waals surface area (Å²) in [4.78, 5) is 10.8. The van der Waals surface area contributed by atoms with E-state index >= 15 is 0 Å². The fourth-order valence-electron chi connectivity index (χ4n) is 6.87. The second kappa shape index (κ2) is 16.3. The lowest BCUT2D eigenvalue weighted by molar-refractivity contribution is -0.138. The van der Waals surface area contributed by atoms with E-state index < -0.39 is 35.1 Å². The third-order valence-electron chi connectivity index (χ3n) is 9.39. The molecule has 0 spiro atoms. The Kier molecular flexibility index (Phi) is 12.0. The second-order valence-electron chi connectivity index (χ2n) is 14.3. The topological polar surface area (TPSA) is 96.0 Å². The molecule has 1 aliphatic heterocycles. The Bertz CT molecular complexity index is 2140. The Balaban J connectivity index is 0.000000217. The Labute approximate surface area is 329 Å². The van der Waals surface area contributed by atoms with Crippen LogP contribution in [0.15, 0.2) is 47.2 Å². The van der Waals surface area contributed by atoms with Crippen molar-refractivity contribution >= 4 is 32.5 Å². The van der Waals surface area contributed by atoms with Gasteiger partial charge in [-0.15, -0.1) is 5.10 Å².